The van der Waals surface area contributed by atoms with Gasteiger partial charge in [0.25, 0.3) is 0 Å². The van der Waals surface area contributed by atoms with E-state index >= 15 is 0 Å². The minimum atomic E-state index is 0.0505. The first-order valence-electron chi connectivity index (χ1n) is 7.78. The van der Waals surface area contributed by atoms with Crippen LogP contribution in [0.4, 0.5) is 0 Å². The van der Waals surface area contributed by atoms with Gasteiger partial charge in [-0.05, 0) is 42.4 Å². The van der Waals surface area contributed by atoms with Crippen LogP contribution in [0.15, 0.2) is 23.5 Å². The van der Waals surface area contributed by atoms with Crippen molar-refractivity contribution in [2.75, 3.05) is 0 Å². The SMILES string of the molecule is CC(C)C1CCCCC1NCc1ccnc(/C(N)=N/O)c1. The first kappa shape index (κ1) is 15.8. The predicted molar refractivity (Wildman–Crippen MR) is 84.2 cm³/mol. The molecule has 1 aromatic rings. The summed E-state index contributed by atoms with van der Waals surface area (Å²) >= 11 is 0. The Morgan fingerprint density at radius 3 is 2.95 bits per heavy atom. The number of hydrogen-bond acceptors (Lipinski definition) is 4. The van der Waals surface area contributed by atoms with Crippen LogP contribution in [0.3, 0.4) is 0 Å². The number of nitrogens with two attached hydrogens (primary N) is 1. The largest absolute Gasteiger partial charge is 0.409 e. The van der Waals surface area contributed by atoms with Gasteiger partial charge in [-0.2, -0.15) is 0 Å². The lowest BCUT2D eigenvalue weighted by Gasteiger charge is -2.35. The molecule has 2 unspecified atom stereocenters. The Kier molecular flexibility index (Phi) is 5.56. The monoisotopic (exact) mass is 290 g/mol. The third-order valence-electron chi connectivity index (χ3n) is 4.44. The first-order chi connectivity index (χ1) is 10.1. The first-order valence-corrected chi connectivity index (χ1v) is 7.78. The molecule has 0 saturated heterocycles. The molecule has 2 atom stereocenters. The zero-order valence-corrected chi connectivity index (χ0v) is 12.9. The van der Waals surface area contributed by atoms with Crippen molar-refractivity contribution in [3.8, 4) is 0 Å². The number of nitrogens with one attached hydrogen (secondary N) is 1. The molecular formula is C16H26N4O. The Balaban J connectivity index is 1.98. The van der Waals surface area contributed by atoms with Gasteiger partial charge in [-0.1, -0.05) is 31.8 Å². The highest BCUT2D eigenvalue weighted by Crippen LogP contribution is 2.30. The van der Waals surface area contributed by atoms with Crippen molar-refractivity contribution in [1.29, 1.82) is 0 Å². The summed E-state index contributed by atoms with van der Waals surface area (Å²) in [5, 5.41) is 15.4. The molecule has 0 bridgehead atoms. The highest BCUT2D eigenvalue weighted by atomic mass is 16.4. The van der Waals surface area contributed by atoms with E-state index in [-0.39, 0.29) is 5.84 Å². The Hall–Kier alpha value is -1.62. The quantitative estimate of drug-likeness (QED) is 0.337. The van der Waals surface area contributed by atoms with E-state index in [9.17, 15) is 0 Å². The van der Waals surface area contributed by atoms with E-state index < -0.39 is 0 Å². The van der Waals surface area contributed by atoms with E-state index in [1.54, 1.807) is 6.20 Å². The summed E-state index contributed by atoms with van der Waals surface area (Å²) in [5.41, 5.74) is 7.21. The number of hydrogen-bond donors (Lipinski definition) is 3. The third-order valence-corrected chi connectivity index (χ3v) is 4.44. The molecule has 0 aliphatic heterocycles. The van der Waals surface area contributed by atoms with Crippen molar-refractivity contribution in [2.45, 2.75) is 52.1 Å². The van der Waals surface area contributed by atoms with Crippen LogP contribution in [0.1, 0.15) is 50.8 Å². The van der Waals surface area contributed by atoms with Gasteiger partial charge in [0.2, 0.25) is 0 Å². The van der Waals surface area contributed by atoms with Gasteiger partial charge < -0.3 is 16.3 Å². The second-order valence-corrected chi connectivity index (χ2v) is 6.21. The minimum absolute atomic E-state index is 0.0505. The summed E-state index contributed by atoms with van der Waals surface area (Å²) in [6, 6.07) is 4.42. The van der Waals surface area contributed by atoms with Crippen molar-refractivity contribution in [3.05, 3.63) is 29.6 Å². The van der Waals surface area contributed by atoms with Crippen LogP contribution in [-0.2, 0) is 6.54 Å². The average Bonchev–Trinajstić information content (AvgIpc) is 2.52. The summed E-state index contributed by atoms with van der Waals surface area (Å²) in [4.78, 5) is 4.10. The van der Waals surface area contributed by atoms with Crippen LogP contribution >= 0.6 is 0 Å². The highest BCUT2D eigenvalue weighted by Gasteiger charge is 2.26. The second-order valence-electron chi connectivity index (χ2n) is 6.21. The maximum absolute atomic E-state index is 8.72. The zero-order valence-electron chi connectivity index (χ0n) is 12.9. The fourth-order valence-electron chi connectivity index (χ4n) is 3.24. The van der Waals surface area contributed by atoms with Crippen LogP contribution in [-0.4, -0.2) is 22.1 Å². The summed E-state index contributed by atoms with van der Waals surface area (Å²) in [5.74, 6) is 1.52. The van der Waals surface area contributed by atoms with Gasteiger partial charge in [-0.15, -0.1) is 0 Å². The van der Waals surface area contributed by atoms with E-state index in [4.69, 9.17) is 10.9 Å². The molecule has 0 spiro atoms. The molecule has 1 saturated carbocycles. The van der Waals surface area contributed by atoms with E-state index in [1.807, 2.05) is 12.1 Å². The Bertz CT molecular complexity index is 487. The summed E-state index contributed by atoms with van der Waals surface area (Å²) < 4.78 is 0. The topological polar surface area (TPSA) is 83.5 Å². The molecule has 1 aliphatic carbocycles. The fourth-order valence-corrected chi connectivity index (χ4v) is 3.24. The number of aromatic nitrogens is 1. The number of rotatable bonds is 5. The number of pyridine rings is 1. The molecule has 1 aliphatic rings. The third kappa shape index (κ3) is 4.17. The fraction of sp³-hybridized carbons (Fsp3) is 0.625. The lowest BCUT2D eigenvalue weighted by Crippen LogP contribution is -2.40. The molecule has 1 heterocycles. The van der Waals surface area contributed by atoms with Crippen LogP contribution in [0.25, 0.3) is 0 Å². The zero-order chi connectivity index (χ0) is 15.2. The summed E-state index contributed by atoms with van der Waals surface area (Å²) in [7, 11) is 0. The Labute approximate surface area is 126 Å². The predicted octanol–water partition coefficient (Wildman–Crippen LogP) is 2.48. The standard InChI is InChI=1S/C16H26N4O/c1-11(2)13-5-3-4-6-14(13)19-10-12-7-8-18-15(9-12)16(17)20-21/h7-9,11,13-14,19,21H,3-6,10H2,1-2H3,(H2,17,20). The average molecular weight is 290 g/mol. The van der Waals surface area contributed by atoms with E-state index in [0.29, 0.717) is 17.7 Å². The molecule has 4 N–H and O–H groups in total. The second kappa shape index (κ2) is 7.41. The molecule has 116 valence electrons. The van der Waals surface area contributed by atoms with Crippen LogP contribution in [0, 0.1) is 11.8 Å². The van der Waals surface area contributed by atoms with E-state index in [2.05, 4.69) is 29.3 Å². The maximum atomic E-state index is 8.72. The number of nitrogens with zero attached hydrogens (tertiary/aromatic N) is 2. The van der Waals surface area contributed by atoms with Gasteiger partial charge in [-0.25, -0.2) is 0 Å². The van der Waals surface area contributed by atoms with Crippen molar-refractivity contribution in [1.82, 2.24) is 10.3 Å². The summed E-state index contributed by atoms with van der Waals surface area (Å²) in [6.07, 6.45) is 6.93. The van der Waals surface area contributed by atoms with Gasteiger partial charge in [0.1, 0.15) is 5.69 Å². The lowest BCUT2D eigenvalue weighted by atomic mass is 9.78. The highest BCUT2D eigenvalue weighted by molar-refractivity contribution is 5.95. The molecule has 5 nitrogen and oxygen atoms in total. The smallest absolute Gasteiger partial charge is 0.188 e. The van der Waals surface area contributed by atoms with Gasteiger partial charge in [0, 0.05) is 18.8 Å². The van der Waals surface area contributed by atoms with Crippen molar-refractivity contribution < 1.29 is 5.21 Å². The van der Waals surface area contributed by atoms with Crippen molar-refractivity contribution >= 4 is 5.84 Å². The van der Waals surface area contributed by atoms with Crippen molar-refractivity contribution in [2.24, 2.45) is 22.7 Å². The van der Waals surface area contributed by atoms with E-state index in [1.165, 1.54) is 25.7 Å². The van der Waals surface area contributed by atoms with Gasteiger partial charge in [0.15, 0.2) is 5.84 Å². The number of amidine groups is 1. The van der Waals surface area contributed by atoms with Crippen LogP contribution < -0.4 is 11.1 Å². The van der Waals surface area contributed by atoms with Gasteiger partial charge in [0.05, 0.1) is 0 Å². The molecule has 1 aromatic heterocycles. The summed E-state index contributed by atoms with van der Waals surface area (Å²) in [6.45, 7) is 5.42. The molecule has 5 heteroatoms. The normalized spacial score (nSPS) is 23.5. The van der Waals surface area contributed by atoms with Crippen LogP contribution in [0.2, 0.25) is 0 Å². The molecular weight excluding hydrogens is 264 g/mol. The Morgan fingerprint density at radius 1 is 1.48 bits per heavy atom. The molecule has 0 radical (unpaired) electrons. The van der Waals surface area contributed by atoms with Crippen molar-refractivity contribution in [3.63, 3.8) is 0 Å². The van der Waals surface area contributed by atoms with Crippen LogP contribution in [0.5, 0.6) is 0 Å². The number of oxime groups is 1. The minimum Gasteiger partial charge on any atom is -0.409 e. The molecule has 0 aromatic carbocycles. The molecule has 1 fully saturated rings. The van der Waals surface area contributed by atoms with Gasteiger partial charge >= 0.3 is 0 Å². The lowest BCUT2D eigenvalue weighted by molar-refractivity contribution is 0.204. The Morgan fingerprint density at radius 2 is 2.24 bits per heavy atom. The molecule has 2 rings (SSSR count). The van der Waals surface area contributed by atoms with E-state index in [0.717, 1.165) is 18.0 Å². The van der Waals surface area contributed by atoms with Gasteiger partial charge in [-0.3, -0.25) is 4.98 Å². The maximum Gasteiger partial charge on any atom is 0.188 e. The molecule has 0 amide bonds. The molecule has 21 heavy (non-hydrogen) atoms.